The average Bonchev–Trinajstić information content (AvgIpc) is 2.21. The Labute approximate surface area is 85.6 Å². The normalized spacial score (nSPS) is 27.7. The highest BCUT2D eigenvalue weighted by Gasteiger charge is 2.17. The number of rotatable bonds is 2. The standard InChI is InChI=1S/C10H20N2S/c1-2-6-10(7-3-1)11-12-8-4-5-9-13-12/h10-11H,1-9H2. The molecule has 13 heavy (non-hydrogen) atoms. The molecule has 1 saturated heterocycles. The van der Waals surface area contributed by atoms with Crippen molar-refractivity contribution in [2.45, 2.75) is 51.0 Å². The molecule has 0 atom stereocenters. The Kier molecular flexibility index (Phi) is 3.94. The van der Waals surface area contributed by atoms with Crippen LogP contribution in [0, 0.1) is 0 Å². The molecule has 2 fully saturated rings. The molecule has 0 spiro atoms. The van der Waals surface area contributed by atoms with Crippen molar-refractivity contribution >= 4 is 11.9 Å². The number of nitrogens with one attached hydrogen (secondary N) is 1. The van der Waals surface area contributed by atoms with Gasteiger partial charge < -0.3 is 0 Å². The van der Waals surface area contributed by atoms with Crippen molar-refractivity contribution in [3.8, 4) is 0 Å². The Morgan fingerprint density at radius 1 is 1.00 bits per heavy atom. The third-order valence-electron chi connectivity index (χ3n) is 2.93. The summed E-state index contributed by atoms with van der Waals surface area (Å²) in [6, 6.07) is 0.777. The second kappa shape index (κ2) is 5.23. The van der Waals surface area contributed by atoms with E-state index in [1.807, 2.05) is 11.9 Å². The minimum Gasteiger partial charge on any atom is -0.242 e. The van der Waals surface area contributed by atoms with Crippen LogP contribution in [0.2, 0.25) is 0 Å². The molecule has 2 aliphatic rings. The van der Waals surface area contributed by atoms with Crippen LogP contribution < -0.4 is 5.43 Å². The number of nitrogens with zero attached hydrogens (tertiary/aromatic N) is 1. The molecular formula is C10H20N2S. The van der Waals surface area contributed by atoms with Crippen molar-refractivity contribution in [1.29, 1.82) is 0 Å². The van der Waals surface area contributed by atoms with Gasteiger partial charge in [0.15, 0.2) is 0 Å². The highest BCUT2D eigenvalue weighted by molar-refractivity contribution is 7.96. The highest BCUT2D eigenvalue weighted by Crippen LogP contribution is 2.22. The Morgan fingerprint density at radius 3 is 2.54 bits per heavy atom. The van der Waals surface area contributed by atoms with E-state index in [0.29, 0.717) is 0 Å². The molecule has 1 aliphatic carbocycles. The van der Waals surface area contributed by atoms with E-state index in [2.05, 4.69) is 9.84 Å². The van der Waals surface area contributed by atoms with Crippen molar-refractivity contribution in [3.05, 3.63) is 0 Å². The Hall–Kier alpha value is 0.270. The van der Waals surface area contributed by atoms with E-state index in [1.165, 1.54) is 57.2 Å². The lowest BCUT2D eigenvalue weighted by Gasteiger charge is -2.32. The SMILES string of the molecule is C1CCC(NN2CCCCS2)CC1. The van der Waals surface area contributed by atoms with Crippen molar-refractivity contribution in [2.75, 3.05) is 12.3 Å². The number of hydrogen-bond acceptors (Lipinski definition) is 3. The van der Waals surface area contributed by atoms with Gasteiger partial charge in [-0.2, -0.15) is 4.41 Å². The summed E-state index contributed by atoms with van der Waals surface area (Å²) < 4.78 is 2.37. The fourth-order valence-corrected chi connectivity index (χ4v) is 3.17. The quantitative estimate of drug-likeness (QED) is 0.690. The molecule has 0 aromatic carbocycles. The first kappa shape index (κ1) is 9.81. The van der Waals surface area contributed by atoms with Gasteiger partial charge in [-0.3, -0.25) is 0 Å². The monoisotopic (exact) mass is 200 g/mol. The lowest BCUT2D eigenvalue weighted by Crippen LogP contribution is -2.43. The second-order valence-corrected chi connectivity index (χ2v) is 5.21. The van der Waals surface area contributed by atoms with Gasteiger partial charge in [0, 0.05) is 18.3 Å². The minimum absolute atomic E-state index is 0.777. The number of hydrogen-bond donors (Lipinski definition) is 1. The fraction of sp³-hybridized carbons (Fsp3) is 1.00. The maximum atomic E-state index is 3.65. The summed E-state index contributed by atoms with van der Waals surface area (Å²) in [6.45, 7) is 1.24. The van der Waals surface area contributed by atoms with Gasteiger partial charge in [0.2, 0.25) is 0 Å². The zero-order chi connectivity index (χ0) is 8.93. The lowest BCUT2D eigenvalue weighted by atomic mass is 9.96. The van der Waals surface area contributed by atoms with E-state index in [4.69, 9.17) is 0 Å². The third-order valence-corrected chi connectivity index (χ3v) is 4.01. The molecule has 2 rings (SSSR count). The molecule has 0 unspecified atom stereocenters. The maximum Gasteiger partial charge on any atom is 0.0245 e. The van der Waals surface area contributed by atoms with Crippen LogP contribution in [0.1, 0.15) is 44.9 Å². The zero-order valence-corrected chi connectivity index (χ0v) is 9.11. The van der Waals surface area contributed by atoms with Crippen LogP contribution in [0.4, 0.5) is 0 Å². The molecule has 1 heterocycles. The number of hydrazine groups is 1. The van der Waals surface area contributed by atoms with Crippen LogP contribution in [0.25, 0.3) is 0 Å². The van der Waals surface area contributed by atoms with E-state index in [-0.39, 0.29) is 0 Å². The van der Waals surface area contributed by atoms with Gasteiger partial charge in [0.05, 0.1) is 0 Å². The summed E-state index contributed by atoms with van der Waals surface area (Å²) in [6.07, 6.45) is 9.84. The van der Waals surface area contributed by atoms with Crippen molar-refractivity contribution < 1.29 is 0 Å². The van der Waals surface area contributed by atoms with Gasteiger partial charge in [0.1, 0.15) is 0 Å². The molecule has 1 N–H and O–H groups in total. The molecule has 0 radical (unpaired) electrons. The summed E-state index contributed by atoms with van der Waals surface area (Å²) in [5, 5.41) is 0. The first-order chi connectivity index (χ1) is 6.45. The predicted octanol–water partition coefficient (Wildman–Crippen LogP) is 2.57. The van der Waals surface area contributed by atoms with Crippen LogP contribution in [0.5, 0.6) is 0 Å². The minimum atomic E-state index is 0.777. The Balaban J connectivity index is 1.69. The maximum absolute atomic E-state index is 3.65. The van der Waals surface area contributed by atoms with E-state index < -0.39 is 0 Å². The van der Waals surface area contributed by atoms with Crippen molar-refractivity contribution in [2.24, 2.45) is 0 Å². The van der Waals surface area contributed by atoms with Crippen molar-refractivity contribution in [3.63, 3.8) is 0 Å². The van der Waals surface area contributed by atoms with E-state index >= 15 is 0 Å². The van der Waals surface area contributed by atoms with Crippen LogP contribution >= 0.6 is 11.9 Å². The topological polar surface area (TPSA) is 15.3 Å². The summed E-state index contributed by atoms with van der Waals surface area (Å²) in [5.41, 5.74) is 3.65. The summed E-state index contributed by atoms with van der Waals surface area (Å²) in [5.74, 6) is 1.31. The molecule has 3 heteroatoms. The third kappa shape index (κ3) is 3.15. The highest BCUT2D eigenvalue weighted by atomic mass is 32.2. The molecule has 76 valence electrons. The molecule has 1 saturated carbocycles. The van der Waals surface area contributed by atoms with Gasteiger partial charge in [-0.25, -0.2) is 5.43 Å². The summed E-state index contributed by atoms with van der Waals surface area (Å²) >= 11 is 1.98. The van der Waals surface area contributed by atoms with Gasteiger partial charge in [-0.15, -0.1) is 0 Å². The van der Waals surface area contributed by atoms with E-state index in [9.17, 15) is 0 Å². The largest absolute Gasteiger partial charge is 0.242 e. The predicted molar refractivity (Wildman–Crippen MR) is 58.4 cm³/mol. The molecular weight excluding hydrogens is 180 g/mol. The molecule has 0 aromatic rings. The van der Waals surface area contributed by atoms with Gasteiger partial charge >= 0.3 is 0 Å². The fourth-order valence-electron chi connectivity index (χ4n) is 2.13. The first-order valence-electron chi connectivity index (χ1n) is 5.62. The van der Waals surface area contributed by atoms with Crippen LogP contribution in [0.15, 0.2) is 0 Å². The molecule has 1 aliphatic heterocycles. The Morgan fingerprint density at radius 2 is 1.85 bits per heavy atom. The summed E-state index contributed by atoms with van der Waals surface area (Å²) in [7, 11) is 0. The van der Waals surface area contributed by atoms with Crippen molar-refractivity contribution in [1.82, 2.24) is 9.84 Å². The molecule has 2 nitrogen and oxygen atoms in total. The summed E-state index contributed by atoms with van der Waals surface area (Å²) in [4.78, 5) is 0. The smallest absolute Gasteiger partial charge is 0.0245 e. The molecule has 0 amide bonds. The Bertz CT molecular complexity index is 124. The van der Waals surface area contributed by atoms with Crippen LogP contribution in [-0.2, 0) is 0 Å². The van der Waals surface area contributed by atoms with Gasteiger partial charge in [0.25, 0.3) is 0 Å². The second-order valence-electron chi connectivity index (χ2n) is 4.11. The average molecular weight is 200 g/mol. The zero-order valence-electron chi connectivity index (χ0n) is 8.30. The van der Waals surface area contributed by atoms with E-state index in [0.717, 1.165) is 6.04 Å². The van der Waals surface area contributed by atoms with Gasteiger partial charge in [-0.05, 0) is 25.7 Å². The molecule has 0 bridgehead atoms. The lowest BCUT2D eigenvalue weighted by molar-refractivity contribution is 0.241. The first-order valence-corrected chi connectivity index (χ1v) is 6.56. The van der Waals surface area contributed by atoms with Gasteiger partial charge in [-0.1, -0.05) is 31.2 Å². The van der Waals surface area contributed by atoms with Crippen LogP contribution in [-0.4, -0.2) is 22.8 Å². The van der Waals surface area contributed by atoms with E-state index in [1.54, 1.807) is 0 Å². The van der Waals surface area contributed by atoms with Crippen LogP contribution in [0.3, 0.4) is 0 Å². The molecule has 0 aromatic heterocycles.